The third kappa shape index (κ3) is 2.75. The third-order valence-corrected chi connectivity index (χ3v) is 3.49. The van der Waals surface area contributed by atoms with E-state index >= 15 is 0 Å². The number of aromatic nitrogens is 1. The molecule has 0 saturated carbocycles. The first-order valence-corrected chi connectivity index (χ1v) is 6.79. The van der Waals surface area contributed by atoms with Crippen LogP contribution in [0.25, 0.3) is 17.0 Å². The van der Waals surface area contributed by atoms with E-state index in [4.69, 9.17) is 0 Å². The summed E-state index contributed by atoms with van der Waals surface area (Å²) in [7, 11) is 1.81. The summed E-state index contributed by atoms with van der Waals surface area (Å²) in [6, 6.07) is 7.34. The van der Waals surface area contributed by atoms with Gasteiger partial charge in [-0.05, 0) is 12.1 Å². The maximum absolute atomic E-state index is 12.4. The van der Waals surface area contributed by atoms with Crippen molar-refractivity contribution in [2.24, 2.45) is 12.1 Å². The van der Waals surface area contributed by atoms with Gasteiger partial charge in [-0.15, -0.1) is 0 Å². The molecule has 2 N–H and O–H groups in total. The summed E-state index contributed by atoms with van der Waals surface area (Å²) in [5.41, 5.74) is 3.40. The number of carbonyl (C=O) groups is 2. The van der Waals surface area contributed by atoms with Gasteiger partial charge in [-0.2, -0.15) is 18.3 Å². The highest BCUT2D eigenvalue weighted by molar-refractivity contribution is 6.29. The van der Waals surface area contributed by atoms with Gasteiger partial charge >= 0.3 is 12.1 Å². The Morgan fingerprint density at radius 2 is 2.04 bits per heavy atom. The summed E-state index contributed by atoms with van der Waals surface area (Å²) in [6.45, 7) is 0. The van der Waals surface area contributed by atoms with E-state index in [-0.39, 0.29) is 5.57 Å². The Bertz CT molecular complexity index is 909. The van der Waals surface area contributed by atoms with Gasteiger partial charge in [0.1, 0.15) is 0 Å². The molecule has 2 aromatic rings. The van der Waals surface area contributed by atoms with Crippen LogP contribution >= 0.6 is 0 Å². The van der Waals surface area contributed by atoms with Gasteiger partial charge in [0, 0.05) is 29.7 Å². The molecule has 0 atom stereocenters. The molecule has 0 radical (unpaired) electrons. The van der Waals surface area contributed by atoms with Crippen LogP contribution in [0.15, 0.2) is 41.1 Å². The summed E-state index contributed by atoms with van der Waals surface area (Å²) in [4.78, 5) is 22.9. The number of fused-ring (bicyclic) bond motifs is 1. The lowest BCUT2D eigenvalue weighted by atomic mass is 10.1. The van der Waals surface area contributed by atoms with Gasteiger partial charge in [0.25, 0.3) is 5.91 Å². The molecule has 1 aliphatic heterocycles. The van der Waals surface area contributed by atoms with Crippen molar-refractivity contribution in [3.63, 3.8) is 0 Å². The number of para-hydroxylation sites is 1. The van der Waals surface area contributed by atoms with Crippen LogP contribution < -0.4 is 10.7 Å². The highest BCUT2D eigenvalue weighted by Gasteiger charge is 2.40. The molecular formula is C15H11F3N4O2. The first-order valence-electron chi connectivity index (χ1n) is 6.79. The summed E-state index contributed by atoms with van der Waals surface area (Å²) < 4.78 is 38.9. The van der Waals surface area contributed by atoms with Gasteiger partial charge in [-0.25, -0.2) is 5.43 Å². The summed E-state index contributed by atoms with van der Waals surface area (Å²) in [6.07, 6.45) is -1.95. The zero-order valence-corrected chi connectivity index (χ0v) is 12.3. The van der Waals surface area contributed by atoms with Crippen molar-refractivity contribution in [2.45, 2.75) is 6.18 Å². The molecule has 0 fully saturated rings. The molecule has 2 heterocycles. The van der Waals surface area contributed by atoms with E-state index in [2.05, 4.69) is 5.10 Å². The fourth-order valence-electron chi connectivity index (χ4n) is 2.39. The van der Waals surface area contributed by atoms with Crippen LogP contribution in [0, 0.1) is 0 Å². The van der Waals surface area contributed by atoms with Gasteiger partial charge in [0.05, 0.1) is 5.57 Å². The van der Waals surface area contributed by atoms with Crippen molar-refractivity contribution in [3.8, 4) is 0 Å². The predicted octanol–water partition coefficient (Wildman–Crippen LogP) is 1.68. The molecule has 124 valence electrons. The van der Waals surface area contributed by atoms with Gasteiger partial charge in [-0.3, -0.25) is 9.59 Å². The van der Waals surface area contributed by atoms with E-state index in [9.17, 15) is 22.8 Å². The molecule has 1 aliphatic rings. The van der Waals surface area contributed by atoms with Gasteiger partial charge in [0.2, 0.25) is 0 Å². The normalized spacial score (nSPS) is 16.4. The monoisotopic (exact) mass is 336 g/mol. The zero-order valence-electron chi connectivity index (χ0n) is 12.3. The molecule has 0 bridgehead atoms. The minimum atomic E-state index is -5.07. The molecule has 9 heteroatoms. The van der Waals surface area contributed by atoms with Gasteiger partial charge < -0.3 is 9.88 Å². The predicted molar refractivity (Wildman–Crippen MR) is 80.7 cm³/mol. The molecule has 2 amide bonds. The standard InChI is InChI=1S/C15H11F3N4O2/c1-22-7-8(9-4-2-3-5-11(9)22)6-10-12(20-21-13(10)23)19-14(24)15(16,17)18/h2-7H,1H3,(H,21,23)(H,19,20,24)/b10-6-. The highest BCUT2D eigenvalue weighted by Crippen LogP contribution is 2.24. The van der Waals surface area contributed by atoms with Crippen molar-refractivity contribution in [3.05, 3.63) is 41.6 Å². The highest BCUT2D eigenvalue weighted by atomic mass is 19.4. The third-order valence-electron chi connectivity index (χ3n) is 3.49. The van der Waals surface area contributed by atoms with Crippen LogP contribution in [0.4, 0.5) is 13.2 Å². The maximum Gasteiger partial charge on any atom is 0.471 e. The number of hydrazone groups is 1. The van der Waals surface area contributed by atoms with E-state index in [1.165, 1.54) is 6.08 Å². The zero-order chi connectivity index (χ0) is 17.5. The lowest BCUT2D eigenvalue weighted by Crippen LogP contribution is -2.41. The fourth-order valence-corrected chi connectivity index (χ4v) is 2.39. The topological polar surface area (TPSA) is 75.5 Å². The fraction of sp³-hybridized carbons (Fsp3) is 0.133. The average Bonchev–Trinajstić information content (AvgIpc) is 3.02. The minimum absolute atomic E-state index is 0.149. The number of amidine groups is 1. The number of carbonyl (C=O) groups excluding carboxylic acids is 2. The Kier molecular flexibility index (Phi) is 3.63. The molecule has 1 aromatic carbocycles. The van der Waals surface area contributed by atoms with Crippen LogP contribution in [0.1, 0.15) is 5.56 Å². The molecule has 24 heavy (non-hydrogen) atoms. The number of hydrogen-bond acceptors (Lipinski definition) is 3. The van der Waals surface area contributed by atoms with Crippen LogP contribution in [0.2, 0.25) is 0 Å². The second-order valence-electron chi connectivity index (χ2n) is 5.12. The Labute approximate surface area is 133 Å². The quantitative estimate of drug-likeness (QED) is 0.778. The van der Waals surface area contributed by atoms with Gasteiger partial charge in [0.15, 0.2) is 5.84 Å². The molecule has 0 aliphatic carbocycles. The molecule has 6 nitrogen and oxygen atoms in total. The largest absolute Gasteiger partial charge is 0.471 e. The molecule has 0 spiro atoms. The smallest absolute Gasteiger partial charge is 0.350 e. The number of amides is 2. The number of benzene rings is 1. The first kappa shape index (κ1) is 15.8. The number of halogens is 3. The SMILES string of the molecule is Cn1cc(/C=C2\C(=O)NN=C2NC(=O)C(F)(F)F)c2ccccc21. The molecule has 1 aromatic heterocycles. The van der Waals surface area contributed by atoms with Crippen molar-refractivity contribution in [1.82, 2.24) is 15.3 Å². The minimum Gasteiger partial charge on any atom is -0.350 e. The lowest BCUT2D eigenvalue weighted by molar-refractivity contribution is -0.171. The Balaban J connectivity index is 1.99. The van der Waals surface area contributed by atoms with E-state index in [1.54, 1.807) is 24.6 Å². The van der Waals surface area contributed by atoms with Gasteiger partial charge in [-0.1, -0.05) is 18.2 Å². The van der Waals surface area contributed by atoms with Crippen molar-refractivity contribution < 1.29 is 22.8 Å². The maximum atomic E-state index is 12.4. The van der Waals surface area contributed by atoms with Crippen LogP contribution in [-0.2, 0) is 16.6 Å². The second kappa shape index (κ2) is 5.52. The number of rotatable bonds is 1. The Morgan fingerprint density at radius 3 is 2.75 bits per heavy atom. The number of nitrogens with one attached hydrogen (secondary N) is 2. The van der Waals surface area contributed by atoms with Crippen molar-refractivity contribution in [2.75, 3.05) is 0 Å². The first-order chi connectivity index (χ1) is 11.3. The summed E-state index contributed by atoms with van der Waals surface area (Å²) in [5, 5.41) is 5.86. The van der Waals surface area contributed by atoms with Crippen LogP contribution in [-0.4, -0.2) is 28.4 Å². The number of hydrogen-bond donors (Lipinski definition) is 2. The number of nitrogens with zero attached hydrogens (tertiary/aromatic N) is 2. The number of aryl methyl sites for hydroxylation is 1. The van der Waals surface area contributed by atoms with E-state index in [1.807, 2.05) is 28.2 Å². The molecule has 3 rings (SSSR count). The van der Waals surface area contributed by atoms with Crippen molar-refractivity contribution in [1.29, 1.82) is 0 Å². The summed E-state index contributed by atoms with van der Waals surface area (Å²) >= 11 is 0. The van der Waals surface area contributed by atoms with Crippen molar-refractivity contribution >= 4 is 34.6 Å². The molecular weight excluding hydrogens is 325 g/mol. The lowest BCUT2D eigenvalue weighted by Gasteiger charge is -2.07. The summed E-state index contributed by atoms with van der Waals surface area (Å²) in [5.74, 6) is -3.35. The average molecular weight is 336 g/mol. The van der Waals surface area contributed by atoms with Crippen LogP contribution in [0.5, 0.6) is 0 Å². The molecule has 0 unspecified atom stereocenters. The Hall–Kier alpha value is -3.10. The van der Waals surface area contributed by atoms with E-state index in [0.29, 0.717) is 5.56 Å². The van der Waals surface area contributed by atoms with E-state index in [0.717, 1.165) is 10.9 Å². The molecule has 0 saturated heterocycles. The second-order valence-corrected chi connectivity index (χ2v) is 5.12. The van der Waals surface area contributed by atoms with Crippen LogP contribution in [0.3, 0.4) is 0 Å². The number of alkyl halides is 3. The van der Waals surface area contributed by atoms with E-state index < -0.39 is 23.8 Å². The Morgan fingerprint density at radius 1 is 1.33 bits per heavy atom.